The third kappa shape index (κ3) is 2.55. The van der Waals surface area contributed by atoms with Crippen molar-refractivity contribution in [2.45, 2.75) is 0 Å². The van der Waals surface area contributed by atoms with Crippen LogP contribution in [0.5, 0.6) is 0 Å². The Hall–Kier alpha value is -1.62. The number of hydrogen-bond donors (Lipinski definition) is 0. The number of nitrogens with zero attached hydrogens (tertiary/aromatic N) is 1. The van der Waals surface area contributed by atoms with Gasteiger partial charge >= 0.3 is 6.09 Å². The molecule has 0 rings (SSSR count). The number of hydroxylamine groups is 2. The van der Waals surface area contributed by atoms with Gasteiger partial charge in [-0.2, -0.15) is 0 Å². The van der Waals surface area contributed by atoms with E-state index in [1.165, 1.54) is 0 Å². The van der Waals surface area contributed by atoms with Crippen LogP contribution in [-0.2, 0) is 14.4 Å². The fraction of sp³-hybridized carbons (Fsp3) is 0.143. The van der Waals surface area contributed by atoms with E-state index in [0.717, 1.165) is 19.4 Å². The van der Waals surface area contributed by atoms with E-state index in [1.807, 2.05) is 0 Å². The molecule has 0 radical (unpaired) electrons. The second-order valence-corrected chi connectivity index (χ2v) is 1.57. The zero-order chi connectivity index (χ0) is 9.56. The first-order valence-corrected chi connectivity index (χ1v) is 2.99. The van der Waals surface area contributed by atoms with E-state index < -0.39 is 12.0 Å². The molecule has 0 atom stereocenters. The van der Waals surface area contributed by atoms with Crippen LogP contribution in [0, 0.1) is 0 Å². The highest BCUT2D eigenvalue weighted by atomic mass is 16.7. The van der Waals surface area contributed by atoms with Crippen LogP contribution in [0.15, 0.2) is 25.5 Å². The molecule has 0 saturated heterocycles. The van der Waals surface area contributed by atoms with Crippen molar-refractivity contribution in [3.63, 3.8) is 0 Å². The molecule has 0 spiro atoms. The summed E-state index contributed by atoms with van der Waals surface area (Å²) in [6.07, 6.45) is 0.857. The molecular weight excluding hydrogens is 162 g/mol. The quantitative estimate of drug-likeness (QED) is 0.358. The van der Waals surface area contributed by atoms with Gasteiger partial charge in [-0.15, -0.1) is 5.06 Å². The Morgan fingerprint density at radius 3 is 2.33 bits per heavy atom. The zero-order valence-electron chi connectivity index (χ0n) is 6.65. The third-order valence-electron chi connectivity index (χ3n) is 0.907. The van der Waals surface area contributed by atoms with Gasteiger partial charge in [-0.25, -0.2) is 4.79 Å². The topological polar surface area (TPSA) is 55.8 Å². The zero-order valence-corrected chi connectivity index (χ0v) is 6.65. The first kappa shape index (κ1) is 10.4. The monoisotopic (exact) mass is 171 g/mol. The minimum atomic E-state index is -0.961. The summed E-state index contributed by atoms with van der Waals surface area (Å²) in [4.78, 5) is 26.0. The number of imide groups is 1. The molecule has 0 unspecified atom stereocenters. The van der Waals surface area contributed by atoms with E-state index in [4.69, 9.17) is 0 Å². The summed E-state index contributed by atoms with van der Waals surface area (Å²) >= 11 is 0. The van der Waals surface area contributed by atoms with E-state index in [1.54, 1.807) is 0 Å². The van der Waals surface area contributed by atoms with Crippen molar-refractivity contribution in [2.75, 3.05) is 7.11 Å². The maximum Gasteiger partial charge on any atom is 0.446 e. The molecule has 0 aliphatic rings. The fourth-order valence-electron chi connectivity index (χ4n) is 0.457. The van der Waals surface area contributed by atoms with Crippen LogP contribution in [0.25, 0.3) is 0 Å². The summed E-state index contributed by atoms with van der Waals surface area (Å²) in [5.41, 5.74) is 0. The highest BCUT2D eigenvalue weighted by Gasteiger charge is 2.19. The van der Waals surface area contributed by atoms with Gasteiger partial charge in [0.2, 0.25) is 0 Å². The normalized spacial score (nSPS) is 8.42. The van der Waals surface area contributed by atoms with Crippen LogP contribution in [0.1, 0.15) is 0 Å². The van der Waals surface area contributed by atoms with E-state index in [-0.39, 0.29) is 0 Å². The Kier molecular flexibility index (Phi) is 4.40. The SMILES string of the molecule is C=COC(=O)N(OC)C(=O)C=C. The third-order valence-corrected chi connectivity index (χ3v) is 0.907. The van der Waals surface area contributed by atoms with Crippen molar-refractivity contribution < 1.29 is 19.2 Å². The lowest BCUT2D eigenvalue weighted by atomic mass is 10.6. The molecule has 5 heteroatoms. The highest BCUT2D eigenvalue weighted by Crippen LogP contribution is 1.95. The molecule has 0 aliphatic carbocycles. The van der Waals surface area contributed by atoms with Crippen LogP contribution < -0.4 is 0 Å². The molecule has 0 aromatic carbocycles. The lowest BCUT2D eigenvalue weighted by molar-refractivity contribution is -0.158. The molecule has 0 aromatic heterocycles. The van der Waals surface area contributed by atoms with Gasteiger partial charge in [0.15, 0.2) is 0 Å². The Morgan fingerprint density at radius 2 is 2.00 bits per heavy atom. The van der Waals surface area contributed by atoms with Crippen molar-refractivity contribution in [1.82, 2.24) is 5.06 Å². The Balaban J connectivity index is 4.32. The second-order valence-electron chi connectivity index (χ2n) is 1.57. The Morgan fingerprint density at radius 1 is 1.42 bits per heavy atom. The fourth-order valence-corrected chi connectivity index (χ4v) is 0.457. The smallest absolute Gasteiger partial charge is 0.417 e. The number of rotatable bonds is 3. The molecule has 0 N–H and O–H groups in total. The van der Waals surface area contributed by atoms with Crippen LogP contribution in [0.3, 0.4) is 0 Å². The van der Waals surface area contributed by atoms with Crippen LogP contribution in [0.2, 0.25) is 0 Å². The largest absolute Gasteiger partial charge is 0.446 e. The molecule has 0 saturated carbocycles. The molecule has 0 aromatic rings. The Labute approximate surface area is 69.8 Å². The molecule has 12 heavy (non-hydrogen) atoms. The van der Waals surface area contributed by atoms with Gasteiger partial charge in [-0.1, -0.05) is 13.2 Å². The van der Waals surface area contributed by atoms with Crippen molar-refractivity contribution >= 4 is 12.0 Å². The number of ether oxygens (including phenoxy) is 1. The molecule has 0 aliphatic heterocycles. The van der Waals surface area contributed by atoms with Gasteiger partial charge in [0.25, 0.3) is 5.91 Å². The lowest BCUT2D eigenvalue weighted by Gasteiger charge is -2.12. The number of carbonyl (C=O) groups is 2. The van der Waals surface area contributed by atoms with Crippen LogP contribution in [0.4, 0.5) is 4.79 Å². The second kappa shape index (κ2) is 5.09. The molecule has 0 heterocycles. The predicted molar refractivity (Wildman–Crippen MR) is 40.7 cm³/mol. The van der Waals surface area contributed by atoms with Crippen LogP contribution in [-0.4, -0.2) is 24.2 Å². The predicted octanol–water partition coefficient (Wildman–Crippen LogP) is 0.843. The number of amides is 2. The first-order chi connectivity index (χ1) is 5.67. The van der Waals surface area contributed by atoms with E-state index in [2.05, 4.69) is 22.7 Å². The van der Waals surface area contributed by atoms with Crippen molar-refractivity contribution in [3.8, 4) is 0 Å². The summed E-state index contributed by atoms with van der Waals surface area (Å²) in [7, 11) is 1.16. The van der Waals surface area contributed by atoms with Gasteiger partial charge < -0.3 is 4.74 Å². The number of hydrogen-bond acceptors (Lipinski definition) is 4. The maximum absolute atomic E-state index is 10.8. The average Bonchev–Trinajstić information content (AvgIpc) is 2.06. The summed E-state index contributed by atoms with van der Waals surface area (Å²) in [6.45, 7) is 6.31. The van der Waals surface area contributed by atoms with Crippen LogP contribution >= 0.6 is 0 Å². The van der Waals surface area contributed by atoms with Gasteiger partial charge in [0.05, 0.1) is 13.4 Å². The number of carbonyl (C=O) groups excluding carboxylic acids is 2. The lowest BCUT2D eigenvalue weighted by Crippen LogP contribution is -2.34. The molecule has 2 amide bonds. The van der Waals surface area contributed by atoms with Gasteiger partial charge in [0.1, 0.15) is 0 Å². The summed E-state index contributed by atoms with van der Waals surface area (Å²) in [5, 5.41) is 0.411. The van der Waals surface area contributed by atoms with Crippen molar-refractivity contribution in [3.05, 3.63) is 25.5 Å². The summed E-state index contributed by atoms with van der Waals surface area (Å²) < 4.78 is 4.28. The van der Waals surface area contributed by atoms with Gasteiger partial charge in [-0.05, 0) is 6.08 Å². The van der Waals surface area contributed by atoms with E-state index in [9.17, 15) is 9.59 Å². The molecule has 5 nitrogen and oxygen atoms in total. The molecular formula is C7H9NO4. The summed E-state index contributed by atoms with van der Waals surface area (Å²) in [6, 6.07) is 0. The van der Waals surface area contributed by atoms with Gasteiger partial charge in [-0.3, -0.25) is 9.63 Å². The van der Waals surface area contributed by atoms with Gasteiger partial charge in [0, 0.05) is 0 Å². The van der Waals surface area contributed by atoms with E-state index in [0.29, 0.717) is 5.06 Å². The minimum absolute atomic E-state index is 0.411. The minimum Gasteiger partial charge on any atom is -0.417 e. The highest BCUT2D eigenvalue weighted by molar-refractivity contribution is 5.97. The average molecular weight is 171 g/mol. The van der Waals surface area contributed by atoms with E-state index >= 15 is 0 Å². The molecule has 66 valence electrons. The standard InChI is InChI=1S/C7H9NO4/c1-4-6(9)8(11-3)7(10)12-5-2/h4-5H,1-2H2,3H3. The molecule has 0 fully saturated rings. The first-order valence-electron chi connectivity index (χ1n) is 2.99. The summed E-state index contributed by atoms with van der Waals surface area (Å²) in [5.74, 6) is -0.704. The Bertz CT molecular complexity index is 211. The van der Waals surface area contributed by atoms with Crippen molar-refractivity contribution in [1.29, 1.82) is 0 Å². The maximum atomic E-state index is 10.8. The molecule has 0 bridgehead atoms. The van der Waals surface area contributed by atoms with Crippen molar-refractivity contribution in [2.24, 2.45) is 0 Å².